The van der Waals surface area contributed by atoms with Gasteiger partial charge in [0.2, 0.25) is 0 Å². The summed E-state index contributed by atoms with van der Waals surface area (Å²) in [6, 6.07) is 25.9. The van der Waals surface area contributed by atoms with Crippen LogP contribution in [-0.4, -0.2) is 37.8 Å². The number of amides is 1. The lowest BCUT2D eigenvalue weighted by Gasteiger charge is -2.10. The number of carbonyl (C=O) groups excluding carboxylic acids is 2. The highest BCUT2D eigenvalue weighted by molar-refractivity contribution is 5.93. The minimum Gasteiger partial charge on any atom is -0.454 e. The zero-order chi connectivity index (χ0) is 25.8. The fraction of sp³-hybridized carbons (Fsp3) is 0.107. The van der Waals surface area contributed by atoms with E-state index in [0.29, 0.717) is 22.4 Å². The average molecular weight is 494 g/mol. The summed E-state index contributed by atoms with van der Waals surface area (Å²) in [6.07, 6.45) is 1.29. The molecule has 2 heterocycles. The Balaban J connectivity index is 1.29. The molecule has 0 unspecified atom stereocenters. The van der Waals surface area contributed by atoms with Gasteiger partial charge in [0.1, 0.15) is 12.4 Å². The quantitative estimate of drug-likeness (QED) is 0.346. The van der Waals surface area contributed by atoms with Gasteiger partial charge in [0.25, 0.3) is 11.5 Å². The van der Waals surface area contributed by atoms with Gasteiger partial charge in [0.05, 0.1) is 28.6 Å². The van der Waals surface area contributed by atoms with Gasteiger partial charge in [-0.15, -0.1) is 0 Å². The van der Waals surface area contributed by atoms with Crippen molar-refractivity contribution in [3.05, 3.63) is 107 Å². The number of benzene rings is 3. The van der Waals surface area contributed by atoms with E-state index in [-0.39, 0.29) is 12.1 Å². The van der Waals surface area contributed by atoms with E-state index in [1.807, 2.05) is 61.5 Å². The van der Waals surface area contributed by atoms with Crippen molar-refractivity contribution in [2.75, 3.05) is 11.9 Å². The normalized spacial score (nSPS) is 10.8. The molecule has 5 aromatic rings. The van der Waals surface area contributed by atoms with Crippen LogP contribution in [0.3, 0.4) is 0 Å². The number of fused-ring (bicyclic) bond motifs is 1. The molecule has 0 bridgehead atoms. The maximum Gasteiger partial charge on any atom is 0.326 e. The average Bonchev–Trinajstić information content (AvgIpc) is 3.34. The van der Waals surface area contributed by atoms with Crippen LogP contribution in [-0.2, 0) is 20.9 Å². The summed E-state index contributed by atoms with van der Waals surface area (Å²) in [4.78, 5) is 41.8. The van der Waals surface area contributed by atoms with Gasteiger partial charge in [-0.05, 0) is 31.2 Å². The summed E-state index contributed by atoms with van der Waals surface area (Å²) >= 11 is 0. The third-order valence-electron chi connectivity index (χ3n) is 5.72. The van der Waals surface area contributed by atoms with Crippen molar-refractivity contribution in [1.82, 2.24) is 19.3 Å². The number of aromatic nitrogens is 4. The first-order valence-corrected chi connectivity index (χ1v) is 11.6. The van der Waals surface area contributed by atoms with Crippen molar-refractivity contribution >= 4 is 28.6 Å². The summed E-state index contributed by atoms with van der Waals surface area (Å²) in [5.74, 6) is -0.839. The number of para-hydroxylation sites is 2. The summed E-state index contributed by atoms with van der Waals surface area (Å²) < 4.78 is 7.90. The lowest BCUT2D eigenvalue weighted by molar-refractivity contribution is -0.147. The molecule has 9 heteroatoms. The van der Waals surface area contributed by atoms with Gasteiger partial charge in [-0.1, -0.05) is 60.2 Å². The van der Waals surface area contributed by atoms with Crippen LogP contribution in [0.2, 0.25) is 0 Å². The Hall–Kier alpha value is -5.05. The van der Waals surface area contributed by atoms with Gasteiger partial charge in [-0.2, -0.15) is 5.10 Å². The van der Waals surface area contributed by atoms with Crippen LogP contribution in [0.1, 0.15) is 5.56 Å². The Morgan fingerprint density at radius 3 is 2.46 bits per heavy atom. The fourth-order valence-electron chi connectivity index (χ4n) is 3.83. The second kappa shape index (κ2) is 10.3. The van der Waals surface area contributed by atoms with E-state index in [2.05, 4.69) is 15.4 Å². The van der Waals surface area contributed by atoms with Crippen molar-refractivity contribution in [3.8, 4) is 16.9 Å². The molecule has 0 atom stereocenters. The van der Waals surface area contributed by atoms with Crippen molar-refractivity contribution < 1.29 is 14.3 Å². The number of aryl methyl sites for hydroxylation is 1. The maximum absolute atomic E-state index is 12.7. The molecule has 1 N–H and O–H groups in total. The Morgan fingerprint density at radius 1 is 0.946 bits per heavy atom. The molecule has 1 amide bonds. The van der Waals surface area contributed by atoms with Crippen molar-refractivity contribution in [3.63, 3.8) is 0 Å². The molecule has 3 aromatic carbocycles. The molecule has 5 rings (SSSR count). The number of carbonyl (C=O) groups is 2. The number of esters is 1. The Kier molecular flexibility index (Phi) is 6.58. The Bertz CT molecular complexity index is 1640. The van der Waals surface area contributed by atoms with Crippen LogP contribution in [0.25, 0.3) is 27.8 Å². The summed E-state index contributed by atoms with van der Waals surface area (Å²) in [7, 11) is 0. The first-order valence-electron chi connectivity index (χ1n) is 11.6. The molecule has 0 radical (unpaired) electrons. The maximum atomic E-state index is 12.7. The number of nitrogens with zero attached hydrogens (tertiary/aromatic N) is 4. The molecule has 0 spiro atoms. The van der Waals surface area contributed by atoms with Crippen LogP contribution in [0.4, 0.5) is 5.82 Å². The summed E-state index contributed by atoms with van der Waals surface area (Å²) in [6.45, 7) is 1.13. The third kappa shape index (κ3) is 5.30. The van der Waals surface area contributed by atoms with Crippen LogP contribution < -0.4 is 10.9 Å². The smallest absolute Gasteiger partial charge is 0.326 e. The molecule has 9 nitrogen and oxygen atoms in total. The van der Waals surface area contributed by atoms with Crippen molar-refractivity contribution in [2.24, 2.45) is 0 Å². The standard InChI is InChI=1S/C28H23N5O4/c1-19-11-13-20(14-12-19)24-15-25(33(31-24)21-7-3-2-4-8-21)30-26(34)17-37-27(35)16-32-18-29-23-10-6-5-9-22(23)28(32)36/h2-15,18H,16-17H2,1H3,(H,30,34). The molecule has 0 aliphatic carbocycles. The molecule has 2 aromatic heterocycles. The zero-order valence-corrected chi connectivity index (χ0v) is 20.0. The van der Waals surface area contributed by atoms with Crippen molar-refractivity contribution in [1.29, 1.82) is 0 Å². The minimum atomic E-state index is -0.730. The van der Waals surface area contributed by atoms with E-state index >= 15 is 0 Å². The van der Waals surface area contributed by atoms with Gasteiger partial charge in [-0.25, -0.2) is 9.67 Å². The van der Waals surface area contributed by atoms with Crippen molar-refractivity contribution in [2.45, 2.75) is 13.5 Å². The highest BCUT2D eigenvalue weighted by atomic mass is 16.5. The monoisotopic (exact) mass is 493 g/mol. The summed E-state index contributed by atoms with van der Waals surface area (Å²) in [5, 5.41) is 7.83. The molecule has 0 fully saturated rings. The van der Waals surface area contributed by atoms with Crippen LogP contribution >= 0.6 is 0 Å². The lowest BCUT2D eigenvalue weighted by Crippen LogP contribution is -2.28. The first kappa shape index (κ1) is 23.7. The second-order valence-electron chi connectivity index (χ2n) is 8.43. The number of hydrogen-bond donors (Lipinski definition) is 1. The van der Waals surface area contributed by atoms with Gasteiger partial charge in [0.15, 0.2) is 6.61 Å². The van der Waals surface area contributed by atoms with E-state index in [0.717, 1.165) is 21.4 Å². The Labute approximate surface area is 212 Å². The fourth-order valence-corrected chi connectivity index (χ4v) is 3.83. The van der Waals surface area contributed by atoms with Gasteiger partial charge in [-0.3, -0.25) is 19.0 Å². The molecule has 0 aliphatic rings. The molecule has 0 aliphatic heterocycles. The van der Waals surface area contributed by atoms with Gasteiger partial charge in [0, 0.05) is 11.6 Å². The van der Waals surface area contributed by atoms with E-state index in [9.17, 15) is 14.4 Å². The number of hydrogen-bond acceptors (Lipinski definition) is 6. The Morgan fingerprint density at radius 2 is 1.68 bits per heavy atom. The van der Waals surface area contributed by atoms with Crippen LogP contribution in [0.5, 0.6) is 0 Å². The number of rotatable bonds is 7. The minimum absolute atomic E-state index is 0.358. The molecule has 0 saturated carbocycles. The summed E-state index contributed by atoms with van der Waals surface area (Å²) in [5.41, 5.74) is 3.65. The molecule has 0 saturated heterocycles. The van der Waals surface area contributed by atoms with Gasteiger partial charge < -0.3 is 10.1 Å². The molecule has 184 valence electrons. The van der Waals surface area contributed by atoms with Crippen LogP contribution in [0.15, 0.2) is 96.1 Å². The third-order valence-corrected chi connectivity index (χ3v) is 5.72. The number of anilines is 1. The SMILES string of the molecule is Cc1ccc(-c2cc(NC(=O)COC(=O)Cn3cnc4ccccc4c3=O)n(-c3ccccc3)n2)cc1. The largest absolute Gasteiger partial charge is 0.454 e. The van der Waals surface area contributed by atoms with E-state index in [4.69, 9.17) is 4.74 Å². The molecular weight excluding hydrogens is 470 g/mol. The van der Waals surface area contributed by atoms with Gasteiger partial charge >= 0.3 is 5.97 Å². The predicted molar refractivity (Wildman–Crippen MR) is 139 cm³/mol. The topological polar surface area (TPSA) is 108 Å². The molecular formula is C28H23N5O4. The zero-order valence-electron chi connectivity index (χ0n) is 20.0. The van der Waals surface area contributed by atoms with E-state index in [1.54, 1.807) is 35.0 Å². The second-order valence-corrected chi connectivity index (χ2v) is 8.43. The van der Waals surface area contributed by atoms with Crippen LogP contribution in [0, 0.1) is 6.92 Å². The molecule has 37 heavy (non-hydrogen) atoms. The highest BCUT2D eigenvalue weighted by Gasteiger charge is 2.16. The highest BCUT2D eigenvalue weighted by Crippen LogP contribution is 2.25. The first-order chi connectivity index (χ1) is 18.0. The number of ether oxygens (including phenoxy) is 1. The van der Waals surface area contributed by atoms with E-state index in [1.165, 1.54) is 6.33 Å². The number of nitrogens with one attached hydrogen (secondary N) is 1. The predicted octanol–water partition coefficient (Wildman–Crippen LogP) is 3.74. The lowest BCUT2D eigenvalue weighted by atomic mass is 10.1. The van der Waals surface area contributed by atoms with E-state index < -0.39 is 18.5 Å².